The number of hydrogen-bond acceptors (Lipinski definition) is 0. The van der Waals surface area contributed by atoms with E-state index in [1.54, 1.807) is 38.8 Å². The van der Waals surface area contributed by atoms with Crippen LogP contribution in [-0.2, 0) is 0 Å². The largest absolute Gasteiger partial charge is 0.323 e. The number of unbranched alkanes of at least 4 members (excludes halogenated alkanes) is 2. The highest BCUT2D eigenvalue weighted by Gasteiger charge is 2.36. The normalized spacial score (nSPS) is 28.1. The van der Waals surface area contributed by atoms with Crippen molar-refractivity contribution in [3.05, 3.63) is 0 Å². The van der Waals surface area contributed by atoms with Gasteiger partial charge in [-0.05, 0) is 44.9 Å². The van der Waals surface area contributed by atoms with E-state index >= 15 is 0 Å². The lowest BCUT2D eigenvalue weighted by Crippen LogP contribution is -2.50. The van der Waals surface area contributed by atoms with Gasteiger partial charge in [-0.15, -0.1) is 0 Å². The van der Waals surface area contributed by atoms with Gasteiger partial charge in [0, 0.05) is 37.5 Å². The van der Waals surface area contributed by atoms with Crippen molar-refractivity contribution in [3.8, 4) is 0 Å². The van der Waals surface area contributed by atoms with Gasteiger partial charge in [-0.3, -0.25) is 0 Å². The molecule has 0 atom stereocenters. The average molecular weight is 405 g/mol. The molecule has 0 aromatic carbocycles. The molecule has 4 rings (SSSR count). The van der Waals surface area contributed by atoms with E-state index in [1.165, 1.54) is 132 Å². The fourth-order valence-corrected chi connectivity index (χ4v) is 7.91. The van der Waals surface area contributed by atoms with Gasteiger partial charge in [-0.2, -0.15) is 0 Å². The Morgan fingerprint density at radius 1 is 0.414 bits per heavy atom. The third-order valence-electron chi connectivity index (χ3n) is 9.54. The first-order valence-corrected chi connectivity index (χ1v) is 14.0. The molecule has 4 aliphatic rings. The second-order valence-electron chi connectivity index (χ2n) is 11.9. The lowest BCUT2D eigenvalue weighted by atomic mass is 9.88. The summed E-state index contributed by atoms with van der Waals surface area (Å²) in [6.07, 6.45) is 25.8. The topological polar surface area (TPSA) is 0 Å². The summed E-state index contributed by atoms with van der Waals surface area (Å²) >= 11 is 0. The standard InChI is InChI=1S/C27H52N2/c1-4-14-26(15-5-1)24-28(20-10-11-21-28)18-8-3-9-19-29(22-12-13-23-29)25-27-16-6-2-7-17-27/h26-27H,1-25H2/q+2. The molecule has 2 aliphatic carbocycles. The van der Waals surface area contributed by atoms with Gasteiger partial charge in [-0.1, -0.05) is 38.5 Å². The van der Waals surface area contributed by atoms with Crippen LogP contribution in [0.15, 0.2) is 0 Å². The van der Waals surface area contributed by atoms with E-state index in [0.717, 1.165) is 11.8 Å². The Morgan fingerprint density at radius 2 is 0.793 bits per heavy atom. The van der Waals surface area contributed by atoms with Gasteiger partial charge in [0.15, 0.2) is 0 Å². The van der Waals surface area contributed by atoms with Gasteiger partial charge < -0.3 is 8.97 Å². The summed E-state index contributed by atoms with van der Waals surface area (Å²) in [7, 11) is 0. The highest BCUT2D eigenvalue weighted by atomic mass is 15.4. The monoisotopic (exact) mass is 404 g/mol. The minimum Gasteiger partial charge on any atom is -0.323 e. The third-order valence-corrected chi connectivity index (χ3v) is 9.54. The number of quaternary nitrogens is 2. The maximum Gasteiger partial charge on any atom is 0.0815 e. The van der Waals surface area contributed by atoms with Crippen LogP contribution in [0.5, 0.6) is 0 Å². The van der Waals surface area contributed by atoms with Crippen LogP contribution in [0.4, 0.5) is 0 Å². The predicted octanol–water partition coefficient (Wildman–Crippen LogP) is 6.54. The molecule has 0 spiro atoms. The second kappa shape index (κ2) is 11.0. The summed E-state index contributed by atoms with van der Waals surface area (Å²) in [5, 5.41) is 0. The van der Waals surface area contributed by atoms with E-state index in [0.29, 0.717) is 0 Å². The van der Waals surface area contributed by atoms with Crippen molar-refractivity contribution in [2.24, 2.45) is 11.8 Å². The highest BCUT2D eigenvalue weighted by molar-refractivity contribution is 4.69. The molecule has 0 bridgehead atoms. The molecule has 0 radical (unpaired) electrons. The van der Waals surface area contributed by atoms with Crippen LogP contribution in [0, 0.1) is 11.8 Å². The van der Waals surface area contributed by atoms with Gasteiger partial charge >= 0.3 is 0 Å². The quantitative estimate of drug-likeness (QED) is 0.286. The Labute approximate surface area is 182 Å². The molecule has 0 aromatic rings. The predicted molar refractivity (Wildman–Crippen MR) is 125 cm³/mol. The van der Waals surface area contributed by atoms with Crippen LogP contribution in [0.25, 0.3) is 0 Å². The molecule has 29 heavy (non-hydrogen) atoms. The SMILES string of the molecule is C1CCC(C[N+]2(CCCCC[N+]3(CC4CCCCC4)CCCC3)CCCC2)CC1. The Morgan fingerprint density at radius 3 is 1.17 bits per heavy atom. The number of nitrogens with zero attached hydrogens (tertiary/aromatic N) is 2. The van der Waals surface area contributed by atoms with Crippen LogP contribution in [0.1, 0.15) is 109 Å². The molecule has 2 aliphatic heterocycles. The molecule has 2 nitrogen and oxygen atoms in total. The van der Waals surface area contributed by atoms with Crippen molar-refractivity contribution in [1.29, 1.82) is 0 Å². The Balaban J connectivity index is 1.19. The zero-order valence-corrected chi connectivity index (χ0v) is 19.7. The van der Waals surface area contributed by atoms with Crippen LogP contribution >= 0.6 is 0 Å². The van der Waals surface area contributed by atoms with Gasteiger partial charge in [0.25, 0.3) is 0 Å². The third kappa shape index (κ3) is 6.45. The van der Waals surface area contributed by atoms with Crippen molar-refractivity contribution in [2.75, 3.05) is 52.4 Å². The molecule has 4 fully saturated rings. The lowest BCUT2D eigenvalue weighted by Gasteiger charge is -2.39. The van der Waals surface area contributed by atoms with Gasteiger partial charge in [0.05, 0.1) is 52.4 Å². The second-order valence-corrected chi connectivity index (χ2v) is 11.9. The highest BCUT2D eigenvalue weighted by Crippen LogP contribution is 2.32. The molecular formula is C27H52N2+2. The van der Waals surface area contributed by atoms with Gasteiger partial charge in [0.2, 0.25) is 0 Å². The van der Waals surface area contributed by atoms with E-state index in [-0.39, 0.29) is 0 Å². The van der Waals surface area contributed by atoms with E-state index < -0.39 is 0 Å². The van der Waals surface area contributed by atoms with Gasteiger partial charge in [0.1, 0.15) is 0 Å². The van der Waals surface area contributed by atoms with Crippen molar-refractivity contribution < 1.29 is 8.97 Å². The van der Waals surface area contributed by atoms with Crippen molar-refractivity contribution >= 4 is 0 Å². The van der Waals surface area contributed by atoms with Crippen molar-refractivity contribution in [3.63, 3.8) is 0 Å². The lowest BCUT2D eigenvalue weighted by molar-refractivity contribution is -0.922. The number of likely N-dealkylation sites (tertiary alicyclic amines) is 2. The van der Waals surface area contributed by atoms with Crippen molar-refractivity contribution in [1.82, 2.24) is 0 Å². The minimum atomic E-state index is 1.07. The fraction of sp³-hybridized carbons (Fsp3) is 1.00. The van der Waals surface area contributed by atoms with E-state index in [4.69, 9.17) is 0 Å². The first-order chi connectivity index (χ1) is 14.3. The molecule has 2 heteroatoms. The molecule has 0 unspecified atom stereocenters. The maximum absolute atomic E-state index is 1.54. The Kier molecular flexibility index (Phi) is 8.38. The van der Waals surface area contributed by atoms with Crippen molar-refractivity contribution in [2.45, 2.75) is 109 Å². The van der Waals surface area contributed by atoms with Crippen LogP contribution in [0.2, 0.25) is 0 Å². The molecule has 2 saturated heterocycles. The van der Waals surface area contributed by atoms with Crippen LogP contribution < -0.4 is 0 Å². The molecular weight excluding hydrogens is 352 g/mol. The summed E-state index contributed by atoms with van der Waals surface area (Å²) in [4.78, 5) is 0. The van der Waals surface area contributed by atoms with Gasteiger partial charge in [-0.25, -0.2) is 0 Å². The zero-order chi connectivity index (χ0) is 19.8. The first-order valence-electron chi connectivity index (χ1n) is 14.0. The maximum atomic E-state index is 1.54. The smallest absolute Gasteiger partial charge is 0.0815 e. The number of hydrogen-bond donors (Lipinski definition) is 0. The summed E-state index contributed by atoms with van der Waals surface area (Å²) in [6, 6.07) is 0. The summed E-state index contributed by atoms with van der Waals surface area (Å²) < 4.78 is 3.04. The zero-order valence-electron chi connectivity index (χ0n) is 19.7. The average Bonchev–Trinajstić information content (AvgIpc) is 3.40. The summed E-state index contributed by atoms with van der Waals surface area (Å²) in [5.74, 6) is 2.13. The molecule has 168 valence electrons. The Bertz CT molecular complexity index is 407. The fourth-order valence-electron chi connectivity index (χ4n) is 7.91. The van der Waals surface area contributed by atoms with E-state index in [2.05, 4.69) is 0 Å². The summed E-state index contributed by atoms with van der Waals surface area (Å²) in [6.45, 7) is 12.2. The van der Waals surface area contributed by atoms with Crippen LogP contribution in [0.3, 0.4) is 0 Å². The Hall–Kier alpha value is -0.0800. The summed E-state index contributed by atoms with van der Waals surface area (Å²) in [5.41, 5.74) is 0. The molecule has 2 saturated carbocycles. The minimum absolute atomic E-state index is 1.07. The van der Waals surface area contributed by atoms with E-state index in [1.807, 2.05) is 0 Å². The van der Waals surface area contributed by atoms with Crippen LogP contribution in [-0.4, -0.2) is 61.3 Å². The molecule has 0 amide bonds. The molecule has 2 heterocycles. The van der Waals surface area contributed by atoms with E-state index in [9.17, 15) is 0 Å². The first kappa shape index (κ1) is 22.1. The number of rotatable bonds is 10. The molecule has 0 aromatic heterocycles. The molecule has 0 N–H and O–H groups in total.